The van der Waals surface area contributed by atoms with E-state index in [-0.39, 0.29) is 24.1 Å². The maximum Gasteiger partial charge on any atom is 0.257 e. The van der Waals surface area contributed by atoms with Crippen LogP contribution in [0, 0.1) is 0 Å². The van der Waals surface area contributed by atoms with E-state index in [0.717, 1.165) is 12.8 Å². The average Bonchev–Trinajstić information content (AvgIpc) is 2.61. The Morgan fingerprint density at radius 3 is 2.53 bits per heavy atom. The Morgan fingerprint density at radius 1 is 1.32 bits per heavy atom. The first-order valence-corrected chi connectivity index (χ1v) is 7.00. The predicted molar refractivity (Wildman–Crippen MR) is 74.1 cm³/mol. The van der Waals surface area contributed by atoms with E-state index in [1.54, 1.807) is 18.2 Å². The molecular weight excluding hydrogens is 264 g/mol. The van der Waals surface area contributed by atoms with E-state index in [0.29, 0.717) is 29.1 Å². The molecule has 19 heavy (non-hydrogen) atoms. The van der Waals surface area contributed by atoms with Gasteiger partial charge in [-0.15, -0.1) is 0 Å². The van der Waals surface area contributed by atoms with Crippen LogP contribution in [-0.2, 0) is 0 Å². The lowest BCUT2D eigenvalue weighted by atomic mass is 9.98. The Morgan fingerprint density at radius 2 is 1.95 bits per heavy atom. The van der Waals surface area contributed by atoms with Gasteiger partial charge in [0, 0.05) is 17.8 Å². The quantitative estimate of drug-likeness (QED) is 0.774. The van der Waals surface area contributed by atoms with Crippen molar-refractivity contribution in [3.05, 3.63) is 28.8 Å². The molecule has 4 nitrogen and oxygen atoms in total. The van der Waals surface area contributed by atoms with Crippen molar-refractivity contribution in [3.8, 4) is 0 Å². The summed E-state index contributed by atoms with van der Waals surface area (Å²) >= 11 is 6.11. The predicted octanol–water partition coefficient (Wildman–Crippen LogP) is 2.05. The molecule has 0 spiro atoms. The van der Waals surface area contributed by atoms with Crippen LogP contribution >= 0.6 is 11.6 Å². The molecule has 2 bridgehead atoms. The monoisotopic (exact) mass is 280 g/mol. The molecule has 2 saturated heterocycles. The van der Waals surface area contributed by atoms with Crippen LogP contribution in [0.25, 0.3) is 0 Å². The summed E-state index contributed by atoms with van der Waals surface area (Å²) in [4.78, 5) is 14.6. The van der Waals surface area contributed by atoms with Gasteiger partial charge in [-0.1, -0.05) is 17.7 Å². The lowest BCUT2D eigenvalue weighted by molar-refractivity contribution is 0.0288. The number of carbonyl (C=O) groups excluding carboxylic acids is 1. The Kier molecular flexibility index (Phi) is 3.15. The highest BCUT2D eigenvalue weighted by Crippen LogP contribution is 2.38. The number of benzene rings is 1. The third-order valence-electron chi connectivity index (χ3n) is 4.20. The first-order valence-electron chi connectivity index (χ1n) is 6.62. The fourth-order valence-electron chi connectivity index (χ4n) is 3.38. The van der Waals surface area contributed by atoms with Gasteiger partial charge >= 0.3 is 0 Å². The Hall–Kier alpha value is -1.26. The molecule has 0 radical (unpaired) electrons. The molecule has 1 aromatic rings. The third-order valence-corrected chi connectivity index (χ3v) is 4.52. The summed E-state index contributed by atoms with van der Waals surface area (Å²) in [6, 6.07) is 5.36. The topological polar surface area (TPSA) is 66.6 Å². The summed E-state index contributed by atoms with van der Waals surface area (Å²) < 4.78 is 0. The summed E-state index contributed by atoms with van der Waals surface area (Å²) in [7, 11) is 0. The number of nitrogens with two attached hydrogens (primary N) is 1. The van der Waals surface area contributed by atoms with E-state index in [1.165, 1.54) is 0 Å². The Labute approximate surface area is 117 Å². The van der Waals surface area contributed by atoms with Gasteiger partial charge in [0.1, 0.15) is 0 Å². The van der Waals surface area contributed by atoms with Crippen LogP contribution in [0.5, 0.6) is 0 Å². The molecule has 1 amide bonds. The fraction of sp³-hybridized carbons (Fsp3) is 0.500. The molecule has 3 N–H and O–H groups in total. The zero-order chi connectivity index (χ0) is 13.6. The van der Waals surface area contributed by atoms with Gasteiger partial charge in [-0.25, -0.2) is 0 Å². The van der Waals surface area contributed by atoms with Crippen molar-refractivity contribution in [3.63, 3.8) is 0 Å². The highest BCUT2D eigenvalue weighted by Gasteiger charge is 2.43. The lowest BCUT2D eigenvalue weighted by Crippen LogP contribution is -2.48. The van der Waals surface area contributed by atoms with Crippen molar-refractivity contribution in [1.29, 1.82) is 0 Å². The number of hydrogen-bond donors (Lipinski definition) is 2. The number of hydrogen-bond acceptors (Lipinski definition) is 3. The molecule has 2 unspecified atom stereocenters. The van der Waals surface area contributed by atoms with Crippen LogP contribution in [0.1, 0.15) is 36.0 Å². The molecule has 2 heterocycles. The van der Waals surface area contributed by atoms with Gasteiger partial charge in [-0.05, 0) is 37.8 Å². The van der Waals surface area contributed by atoms with Gasteiger partial charge in [0.05, 0.1) is 16.7 Å². The molecular formula is C14H17ClN2O2. The van der Waals surface area contributed by atoms with E-state index in [1.807, 2.05) is 4.90 Å². The molecule has 3 rings (SSSR count). The first kappa shape index (κ1) is 12.8. The number of carbonyl (C=O) groups is 1. The zero-order valence-electron chi connectivity index (χ0n) is 10.6. The summed E-state index contributed by atoms with van der Waals surface area (Å²) in [5, 5.41) is 10.2. The molecule has 0 aliphatic carbocycles. The normalized spacial score (nSPS) is 29.6. The SMILES string of the molecule is Nc1cccc(Cl)c1C(=O)N1C2CCC1CC(O)C2. The highest BCUT2D eigenvalue weighted by molar-refractivity contribution is 6.34. The molecule has 2 fully saturated rings. The molecule has 5 heteroatoms. The van der Waals surface area contributed by atoms with Crippen molar-refractivity contribution < 1.29 is 9.90 Å². The molecule has 2 aliphatic rings. The fourth-order valence-corrected chi connectivity index (χ4v) is 3.64. The molecule has 0 aromatic heterocycles. The molecule has 2 atom stereocenters. The van der Waals surface area contributed by atoms with Crippen LogP contribution in [0.2, 0.25) is 5.02 Å². The van der Waals surface area contributed by atoms with E-state index < -0.39 is 0 Å². The minimum absolute atomic E-state index is 0.0949. The van der Waals surface area contributed by atoms with Gasteiger partial charge in [0.15, 0.2) is 0 Å². The van der Waals surface area contributed by atoms with Crippen LogP contribution in [-0.4, -0.2) is 34.1 Å². The van der Waals surface area contributed by atoms with Crippen molar-refractivity contribution in [2.24, 2.45) is 0 Å². The minimum atomic E-state index is -0.287. The second-order valence-corrected chi connectivity index (χ2v) is 5.83. The Balaban J connectivity index is 1.93. The standard InChI is InChI=1S/C14H17ClN2O2/c15-11-2-1-3-12(16)13(11)14(19)17-8-4-5-9(17)7-10(18)6-8/h1-3,8-10,18H,4-7,16H2. The lowest BCUT2D eigenvalue weighted by Gasteiger charge is -2.37. The summed E-state index contributed by atoms with van der Waals surface area (Å²) in [5.74, 6) is -0.0949. The van der Waals surface area contributed by atoms with E-state index in [9.17, 15) is 9.90 Å². The van der Waals surface area contributed by atoms with Gasteiger partial charge in [0.2, 0.25) is 0 Å². The largest absolute Gasteiger partial charge is 0.398 e. The van der Waals surface area contributed by atoms with Crippen molar-refractivity contribution in [2.45, 2.75) is 43.9 Å². The number of nitrogens with zero attached hydrogens (tertiary/aromatic N) is 1. The Bertz CT molecular complexity index is 486. The molecule has 102 valence electrons. The molecule has 2 aliphatic heterocycles. The number of piperidine rings is 1. The number of halogens is 1. The number of aliphatic hydroxyl groups excluding tert-OH is 1. The van der Waals surface area contributed by atoms with Crippen molar-refractivity contribution in [2.75, 3.05) is 5.73 Å². The van der Waals surface area contributed by atoms with Crippen LogP contribution in [0.4, 0.5) is 5.69 Å². The summed E-state index contributed by atoms with van der Waals surface area (Å²) in [6.07, 6.45) is 2.94. The number of amides is 1. The third kappa shape index (κ3) is 2.09. The summed E-state index contributed by atoms with van der Waals surface area (Å²) in [6.45, 7) is 0. The smallest absolute Gasteiger partial charge is 0.257 e. The second-order valence-electron chi connectivity index (χ2n) is 5.43. The first-order chi connectivity index (χ1) is 9.08. The second kappa shape index (κ2) is 4.69. The maximum absolute atomic E-state index is 12.7. The van der Waals surface area contributed by atoms with Crippen molar-refractivity contribution >= 4 is 23.2 Å². The molecule has 0 saturated carbocycles. The minimum Gasteiger partial charge on any atom is -0.398 e. The number of fused-ring (bicyclic) bond motifs is 2. The number of nitrogen functional groups attached to an aromatic ring is 1. The van der Waals surface area contributed by atoms with Crippen LogP contribution in [0.15, 0.2) is 18.2 Å². The van der Waals surface area contributed by atoms with Crippen LogP contribution < -0.4 is 5.73 Å². The number of aliphatic hydroxyl groups is 1. The zero-order valence-corrected chi connectivity index (χ0v) is 11.3. The number of rotatable bonds is 1. The average molecular weight is 281 g/mol. The van der Waals surface area contributed by atoms with E-state index >= 15 is 0 Å². The van der Waals surface area contributed by atoms with E-state index in [4.69, 9.17) is 17.3 Å². The van der Waals surface area contributed by atoms with Crippen LogP contribution in [0.3, 0.4) is 0 Å². The number of anilines is 1. The summed E-state index contributed by atoms with van der Waals surface area (Å²) in [5.41, 5.74) is 6.71. The van der Waals surface area contributed by atoms with Gasteiger partial charge in [-0.2, -0.15) is 0 Å². The van der Waals surface area contributed by atoms with Gasteiger partial charge in [-0.3, -0.25) is 4.79 Å². The highest BCUT2D eigenvalue weighted by atomic mass is 35.5. The molecule has 1 aromatic carbocycles. The van der Waals surface area contributed by atoms with E-state index in [2.05, 4.69) is 0 Å². The van der Waals surface area contributed by atoms with Crippen molar-refractivity contribution in [1.82, 2.24) is 4.90 Å². The van der Waals surface area contributed by atoms with Gasteiger partial charge < -0.3 is 15.7 Å². The maximum atomic E-state index is 12.7. The van der Waals surface area contributed by atoms with Gasteiger partial charge in [0.25, 0.3) is 5.91 Å².